The minimum absolute atomic E-state index is 0.0859. The number of hydrogen-bond acceptors (Lipinski definition) is 9. The van der Waals surface area contributed by atoms with Crippen LogP contribution in [0.4, 0.5) is 0 Å². The minimum Gasteiger partial charge on any atom is -0.479 e. The van der Waals surface area contributed by atoms with Crippen LogP contribution in [0.15, 0.2) is 85.0 Å². The number of aliphatic hydroxyl groups is 2. The number of aliphatic carboxylic acids is 3. The SMILES string of the molecule is C[C@@H](C=CCCC(=O)O[C@@H]1[C@@H](O)[C@@]2(CCC=C[C@H](C)CCCc3ccccc3)O[C@H](C(=O)O)[C@@](O)(C(=O)O)[C@]1(C(=O)O)O2)CCCc1ccccc1. The Balaban J connectivity index is 1.43. The number of carbonyl (C=O) groups is 4. The number of carboxylic acid groups (broad SMARTS) is 3. The van der Waals surface area contributed by atoms with Gasteiger partial charge in [0.25, 0.3) is 0 Å². The quantitative estimate of drug-likeness (QED) is 0.0897. The number of carboxylic acids is 3. The first kappa shape index (κ1) is 40.4. The number of carbonyl (C=O) groups excluding carboxylic acids is 1. The summed E-state index contributed by atoms with van der Waals surface area (Å²) in [6.45, 7) is 4.05. The molecule has 12 nitrogen and oxygen atoms in total. The molecule has 2 aromatic carbocycles. The molecule has 2 aliphatic heterocycles. The van der Waals surface area contributed by atoms with Crippen LogP contribution < -0.4 is 0 Å². The fourth-order valence-corrected chi connectivity index (χ4v) is 7.03. The molecule has 0 aromatic heterocycles. The van der Waals surface area contributed by atoms with Gasteiger partial charge in [0.1, 0.15) is 6.10 Å². The van der Waals surface area contributed by atoms with E-state index < -0.39 is 59.2 Å². The fraction of sp³-hybridized carbons (Fsp3) is 0.500. The molecule has 2 aromatic rings. The molecule has 2 bridgehead atoms. The number of esters is 1. The summed E-state index contributed by atoms with van der Waals surface area (Å²) in [6, 6.07) is 20.1. The lowest BCUT2D eigenvalue weighted by Crippen LogP contribution is -2.78. The highest BCUT2D eigenvalue weighted by molar-refractivity contribution is 5.98. The topological polar surface area (TPSA) is 197 Å². The first-order valence-corrected chi connectivity index (χ1v) is 17.9. The van der Waals surface area contributed by atoms with E-state index in [2.05, 4.69) is 24.3 Å². The zero-order chi connectivity index (χ0) is 37.9. The molecule has 2 saturated heterocycles. The highest BCUT2D eigenvalue weighted by Crippen LogP contribution is 2.55. The van der Waals surface area contributed by atoms with Crippen molar-refractivity contribution in [3.63, 3.8) is 0 Å². The lowest BCUT2D eigenvalue weighted by atomic mass is 9.74. The van der Waals surface area contributed by atoms with Crippen molar-refractivity contribution in [3.8, 4) is 0 Å². The van der Waals surface area contributed by atoms with Gasteiger partial charge in [0, 0.05) is 12.8 Å². The van der Waals surface area contributed by atoms with Crippen LogP contribution in [0.2, 0.25) is 0 Å². The normalized spacial score (nSPS) is 28.1. The molecule has 5 N–H and O–H groups in total. The molecular formula is C40H50O12. The number of allylic oxidation sites excluding steroid dienone is 4. The Hall–Kier alpha value is -4.36. The van der Waals surface area contributed by atoms with E-state index in [9.17, 15) is 44.7 Å². The largest absolute Gasteiger partial charge is 0.479 e. The van der Waals surface area contributed by atoms with E-state index in [1.165, 1.54) is 11.1 Å². The Morgan fingerprint density at radius 2 is 1.33 bits per heavy atom. The Bertz CT molecular complexity index is 1580. The maximum atomic E-state index is 13.1. The van der Waals surface area contributed by atoms with Gasteiger partial charge in [0.05, 0.1) is 0 Å². The van der Waals surface area contributed by atoms with Crippen LogP contribution in [-0.2, 0) is 46.2 Å². The van der Waals surface area contributed by atoms with Crippen LogP contribution in [-0.4, -0.2) is 84.7 Å². The van der Waals surface area contributed by atoms with Gasteiger partial charge in [-0.3, -0.25) is 4.79 Å². The number of aliphatic hydroxyl groups excluding tert-OH is 1. The Kier molecular flexibility index (Phi) is 13.9. The summed E-state index contributed by atoms with van der Waals surface area (Å²) in [6.07, 6.45) is 5.33. The minimum atomic E-state index is -3.80. The maximum absolute atomic E-state index is 13.1. The van der Waals surface area contributed by atoms with Crippen molar-refractivity contribution in [2.24, 2.45) is 11.8 Å². The van der Waals surface area contributed by atoms with Crippen LogP contribution in [0.25, 0.3) is 0 Å². The summed E-state index contributed by atoms with van der Waals surface area (Å²) in [5, 5.41) is 53.3. The van der Waals surface area contributed by atoms with Gasteiger partial charge < -0.3 is 39.7 Å². The third-order valence-electron chi connectivity index (χ3n) is 9.90. The summed E-state index contributed by atoms with van der Waals surface area (Å²) in [5.41, 5.74) is -4.75. The van der Waals surface area contributed by atoms with E-state index in [-0.39, 0.29) is 37.5 Å². The van der Waals surface area contributed by atoms with Gasteiger partial charge in [-0.05, 0) is 74.3 Å². The van der Waals surface area contributed by atoms with E-state index in [0.717, 1.165) is 38.5 Å². The first-order valence-electron chi connectivity index (χ1n) is 17.9. The van der Waals surface area contributed by atoms with Crippen molar-refractivity contribution in [2.75, 3.05) is 0 Å². The highest BCUT2D eigenvalue weighted by atomic mass is 16.8. The number of benzene rings is 2. The lowest BCUT2D eigenvalue weighted by Gasteiger charge is -2.48. The van der Waals surface area contributed by atoms with Crippen molar-refractivity contribution < 1.29 is 58.9 Å². The molecule has 282 valence electrons. The first-order chi connectivity index (χ1) is 24.8. The monoisotopic (exact) mass is 722 g/mol. The molecule has 12 heteroatoms. The number of rotatable bonds is 20. The molecular weight excluding hydrogens is 672 g/mol. The second-order valence-electron chi connectivity index (χ2n) is 13.9. The number of hydrogen-bond donors (Lipinski definition) is 5. The maximum Gasteiger partial charge on any atom is 0.344 e. The second-order valence-corrected chi connectivity index (χ2v) is 13.9. The molecule has 8 atom stereocenters. The van der Waals surface area contributed by atoms with Gasteiger partial charge in [0.2, 0.25) is 23.1 Å². The standard InChI is InChI=1S/C40H50O12/c1-27(17-13-23-29-19-5-3-6-20-29)15-9-10-25-31(41)50-33-32(42)38(26-12-11-16-28(2)18-14-24-30-21-7-4-8-22-30)51-34(35(43)44)39(49,36(45)46)40(33,52-38)37(47)48/h3-9,11,15-16,19-22,27-28,32-34,42,49H,10,12-14,17-18,23-26H2,1-2H3,(H,43,44)(H,45,46)(H,47,48)/t27-,28-,32+,33+,34+,38-,39+,40-/m0/s1. The third-order valence-corrected chi connectivity index (χ3v) is 9.90. The van der Waals surface area contributed by atoms with Crippen molar-refractivity contribution in [2.45, 2.75) is 113 Å². The molecule has 52 heavy (non-hydrogen) atoms. The van der Waals surface area contributed by atoms with Crippen LogP contribution in [0.1, 0.15) is 76.3 Å². The molecule has 0 unspecified atom stereocenters. The number of fused-ring (bicyclic) bond motifs is 2. The molecule has 2 fully saturated rings. The molecule has 0 radical (unpaired) electrons. The van der Waals surface area contributed by atoms with Gasteiger partial charge in [-0.15, -0.1) is 0 Å². The molecule has 4 rings (SSSR count). The van der Waals surface area contributed by atoms with Crippen LogP contribution >= 0.6 is 0 Å². The fourth-order valence-electron chi connectivity index (χ4n) is 7.03. The lowest BCUT2D eigenvalue weighted by molar-refractivity contribution is -0.373. The molecule has 0 spiro atoms. The molecule has 2 aliphatic rings. The Morgan fingerprint density at radius 1 is 0.808 bits per heavy atom. The zero-order valence-electron chi connectivity index (χ0n) is 29.6. The Morgan fingerprint density at radius 3 is 1.81 bits per heavy atom. The van der Waals surface area contributed by atoms with Crippen molar-refractivity contribution in [1.82, 2.24) is 0 Å². The van der Waals surface area contributed by atoms with E-state index in [1.54, 1.807) is 12.2 Å². The predicted octanol–water partition coefficient (Wildman–Crippen LogP) is 5.10. The van der Waals surface area contributed by atoms with Gasteiger partial charge >= 0.3 is 23.9 Å². The summed E-state index contributed by atoms with van der Waals surface area (Å²) < 4.78 is 16.6. The Labute approximate surface area is 303 Å². The smallest absolute Gasteiger partial charge is 0.344 e. The van der Waals surface area contributed by atoms with Gasteiger partial charge in [-0.25, -0.2) is 14.4 Å². The van der Waals surface area contributed by atoms with Gasteiger partial charge in [0.15, 0.2) is 6.10 Å². The summed E-state index contributed by atoms with van der Waals surface area (Å²) >= 11 is 0. The molecule has 2 heterocycles. The van der Waals surface area contributed by atoms with Crippen LogP contribution in [0, 0.1) is 11.8 Å². The van der Waals surface area contributed by atoms with Gasteiger partial charge in [-0.1, -0.05) is 98.8 Å². The van der Waals surface area contributed by atoms with E-state index in [1.807, 2.05) is 62.4 Å². The van der Waals surface area contributed by atoms with E-state index in [0.29, 0.717) is 0 Å². The summed E-state index contributed by atoms with van der Waals surface area (Å²) in [5.74, 6) is -9.55. The third kappa shape index (κ3) is 8.98. The summed E-state index contributed by atoms with van der Waals surface area (Å²) in [7, 11) is 0. The molecule has 0 amide bonds. The van der Waals surface area contributed by atoms with Crippen molar-refractivity contribution >= 4 is 23.9 Å². The number of aryl methyl sites for hydroxylation is 2. The molecule has 0 aliphatic carbocycles. The van der Waals surface area contributed by atoms with Gasteiger partial charge in [-0.2, -0.15) is 0 Å². The summed E-state index contributed by atoms with van der Waals surface area (Å²) in [4.78, 5) is 50.8. The van der Waals surface area contributed by atoms with E-state index >= 15 is 0 Å². The zero-order valence-corrected chi connectivity index (χ0v) is 29.6. The highest BCUT2D eigenvalue weighted by Gasteiger charge is 2.85. The predicted molar refractivity (Wildman–Crippen MR) is 189 cm³/mol. The average molecular weight is 723 g/mol. The van der Waals surface area contributed by atoms with Crippen LogP contribution in [0.3, 0.4) is 0 Å². The van der Waals surface area contributed by atoms with E-state index in [4.69, 9.17) is 14.2 Å². The molecule has 0 saturated carbocycles. The van der Waals surface area contributed by atoms with Crippen LogP contribution in [0.5, 0.6) is 0 Å². The second kappa shape index (κ2) is 17.9. The number of ether oxygens (including phenoxy) is 3. The average Bonchev–Trinajstić information content (AvgIpc) is 3.32. The van der Waals surface area contributed by atoms with Crippen molar-refractivity contribution in [1.29, 1.82) is 0 Å². The van der Waals surface area contributed by atoms with Crippen molar-refractivity contribution in [3.05, 3.63) is 96.1 Å².